The predicted molar refractivity (Wildman–Crippen MR) is 59.5 cm³/mol. The fourth-order valence-corrected chi connectivity index (χ4v) is 1.61. The van der Waals surface area contributed by atoms with Crippen molar-refractivity contribution in [1.82, 2.24) is 4.90 Å². The molecule has 1 rings (SSSR count). The molecule has 1 aliphatic rings. The smallest absolute Gasteiger partial charge is 0.248 e. The highest BCUT2D eigenvalue weighted by Gasteiger charge is 2.22. The normalized spacial score (nSPS) is 22.9. The van der Waals surface area contributed by atoms with Gasteiger partial charge in [-0.1, -0.05) is 0 Å². The number of nitrogens with two attached hydrogens (primary N) is 1. The summed E-state index contributed by atoms with van der Waals surface area (Å²) < 4.78 is 5.45. The number of likely N-dealkylation sites (tertiary alicyclic amines) is 1. The van der Waals surface area contributed by atoms with Gasteiger partial charge in [0.25, 0.3) is 0 Å². The fraction of sp³-hybridized carbons (Fsp3) is 0.909. The molecule has 0 unspecified atom stereocenters. The van der Waals surface area contributed by atoms with Gasteiger partial charge in [-0.3, -0.25) is 4.79 Å². The molecule has 0 saturated carbocycles. The summed E-state index contributed by atoms with van der Waals surface area (Å²) in [5.74, 6) is 0.0556. The van der Waals surface area contributed by atoms with Gasteiger partial charge in [-0.25, -0.2) is 0 Å². The molecule has 1 amide bonds. The largest absolute Gasteiger partial charge is 0.366 e. The van der Waals surface area contributed by atoms with Crippen molar-refractivity contribution in [1.29, 1.82) is 0 Å². The number of rotatable bonds is 2. The Balaban J connectivity index is 2.33. The second kappa shape index (κ2) is 4.94. The number of hydrogen-bond acceptors (Lipinski definition) is 3. The van der Waals surface area contributed by atoms with E-state index in [1.54, 1.807) is 4.90 Å². The fourth-order valence-electron chi connectivity index (χ4n) is 1.61. The molecule has 1 heterocycles. The lowest BCUT2D eigenvalue weighted by Crippen LogP contribution is -2.47. The number of carbonyl (C=O) groups excluding carboxylic acids is 1. The molecule has 88 valence electrons. The number of amides is 1. The lowest BCUT2D eigenvalue weighted by atomic mass is 10.1. The van der Waals surface area contributed by atoms with Crippen LogP contribution >= 0.6 is 0 Å². The minimum atomic E-state index is -0.256. The molecule has 15 heavy (non-hydrogen) atoms. The summed E-state index contributed by atoms with van der Waals surface area (Å²) in [6.45, 7) is 7.50. The van der Waals surface area contributed by atoms with Crippen molar-refractivity contribution in [2.75, 3.05) is 19.7 Å². The zero-order chi connectivity index (χ0) is 11.5. The first-order valence-corrected chi connectivity index (χ1v) is 5.56. The summed E-state index contributed by atoms with van der Waals surface area (Å²) in [6, 6.07) is 0.136. The predicted octanol–water partition coefficient (Wildman–Crippen LogP) is 0.751. The van der Waals surface area contributed by atoms with E-state index in [0.29, 0.717) is 6.54 Å². The van der Waals surface area contributed by atoms with Gasteiger partial charge in [-0.15, -0.1) is 0 Å². The number of ether oxygens (including phenoxy) is 1. The third kappa shape index (κ3) is 4.62. The lowest BCUT2D eigenvalue weighted by molar-refractivity contribution is -0.142. The molecule has 1 aliphatic heterocycles. The van der Waals surface area contributed by atoms with E-state index >= 15 is 0 Å². The Hall–Kier alpha value is -0.610. The standard InChI is InChI=1S/C11H22N2O2/c1-11(2,3)15-8-10(14)13-6-4-5-9(12)7-13/h9H,4-8,12H2,1-3H3/t9-/m1/s1. The van der Waals surface area contributed by atoms with Crippen LogP contribution in [-0.4, -0.2) is 42.1 Å². The van der Waals surface area contributed by atoms with Crippen LogP contribution in [0.4, 0.5) is 0 Å². The minimum absolute atomic E-state index is 0.0556. The van der Waals surface area contributed by atoms with Crippen LogP contribution in [0, 0.1) is 0 Å². The Bertz CT molecular complexity index is 223. The van der Waals surface area contributed by atoms with Crippen LogP contribution in [0.5, 0.6) is 0 Å². The monoisotopic (exact) mass is 214 g/mol. The second-order valence-corrected chi connectivity index (χ2v) is 5.14. The molecular formula is C11H22N2O2. The van der Waals surface area contributed by atoms with E-state index in [-0.39, 0.29) is 24.2 Å². The van der Waals surface area contributed by atoms with Gasteiger partial charge in [-0.05, 0) is 33.6 Å². The molecule has 2 N–H and O–H groups in total. The summed E-state index contributed by atoms with van der Waals surface area (Å²) >= 11 is 0. The Labute approximate surface area is 91.8 Å². The topological polar surface area (TPSA) is 55.6 Å². The van der Waals surface area contributed by atoms with Gasteiger partial charge in [0.15, 0.2) is 0 Å². The summed E-state index contributed by atoms with van der Waals surface area (Å²) in [7, 11) is 0. The van der Waals surface area contributed by atoms with E-state index < -0.39 is 0 Å². The van der Waals surface area contributed by atoms with E-state index in [9.17, 15) is 4.79 Å². The van der Waals surface area contributed by atoms with Crippen molar-refractivity contribution in [3.63, 3.8) is 0 Å². The van der Waals surface area contributed by atoms with E-state index in [0.717, 1.165) is 19.4 Å². The third-order valence-electron chi connectivity index (χ3n) is 2.44. The molecule has 0 bridgehead atoms. The molecular weight excluding hydrogens is 192 g/mol. The maximum absolute atomic E-state index is 11.7. The average Bonchev–Trinajstić information content (AvgIpc) is 2.13. The minimum Gasteiger partial charge on any atom is -0.366 e. The highest BCUT2D eigenvalue weighted by atomic mass is 16.5. The maximum atomic E-state index is 11.7. The highest BCUT2D eigenvalue weighted by Crippen LogP contribution is 2.11. The van der Waals surface area contributed by atoms with Crippen molar-refractivity contribution < 1.29 is 9.53 Å². The molecule has 0 aromatic rings. The first-order chi connectivity index (χ1) is 6.88. The molecule has 4 nitrogen and oxygen atoms in total. The summed E-state index contributed by atoms with van der Waals surface area (Å²) in [4.78, 5) is 13.5. The summed E-state index contributed by atoms with van der Waals surface area (Å²) in [5.41, 5.74) is 5.55. The van der Waals surface area contributed by atoms with Crippen LogP contribution in [0.3, 0.4) is 0 Å². The molecule has 0 aromatic heterocycles. The van der Waals surface area contributed by atoms with Crippen molar-refractivity contribution in [3.05, 3.63) is 0 Å². The number of piperidine rings is 1. The Morgan fingerprint density at radius 3 is 2.73 bits per heavy atom. The van der Waals surface area contributed by atoms with Crippen LogP contribution in [-0.2, 0) is 9.53 Å². The molecule has 1 saturated heterocycles. The molecule has 1 atom stereocenters. The van der Waals surface area contributed by atoms with Crippen molar-refractivity contribution in [3.8, 4) is 0 Å². The second-order valence-electron chi connectivity index (χ2n) is 5.14. The first-order valence-electron chi connectivity index (χ1n) is 5.56. The molecule has 1 fully saturated rings. The Kier molecular flexibility index (Phi) is 4.11. The van der Waals surface area contributed by atoms with Gasteiger partial charge < -0.3 is 15.4 Å². The maximum Gasteiger partial charge on any atom is 0.248 e. The van der Waals surface area contributed by atoms with Gasteiger partial charge >= 0.3 is 0 Å². The first kappa shape index (κ1) is 12.5. The summed E-state index contributed by atoms with van der Waals surface area (Å²) in [5, 5.41) is 0. The SMILES string of the molecule is CC(C)(C)OCC(=O)N1CCC[C@@H](N)C1. The van der Waals surface area contributed by atoms with Crippen LogP contribution in [0.2, 0.25) is 0 Å². The lowest BCUT2D eigenvalue weighted by Gasteiger charge is -2.31. The number of carbonyl (C=O) groups is 1. The van der Waals surface area contributed by atoms with Crippen molar-refractivity contribution in [2.24, 2.45) is 5.73 Å². The van der Waals surface area contributed by atoms with Crippen LogP contribution < -0.4 is 5.73 Å². The third-order valence-corrected chi connectivity index (χ3v) is 2.44. The molecule has 0 spiro atoms. The quantitative estimate of drug-likeness (QED) is 0.738. The van der Waals surface area contributed by atoms with Crippen molar-refractivity contribution >= 4 is 5.91 Å². The van der Waals surface area contributed by atoms with Crippen LogP contribution in [0.15, 0.2) is 0 Å². The number of nitrogens with zero attached hydrogens (tertiary/aromatic N) is 1. The van der Waals surface area contributed by atoms with Crippen LogP contribution in [0.25, 0.3) is 0 Å². The van der Waals surface area contributed by atoms with Crippen molar-refractivity contribution in [2.45, 2.75) is 45.3 Å². The van der Waals surface area contributed by atoms with Gasteiger partial charge in [0.1, 0.15) is 6.61 Å². The van der Waals surface area contributed by atoms with E-state index in [4.69, 9.17) is 10.5 Å². The van der Waals surface area contributed by atoms with E-state index in [2.05, 4.69) is 0 Å². The zero-order valence-electron chi connectivity index (χ0n) is 9.95. The Morgan fingerprint density at radius 1 is 1.53 bits per heavy atom. The van der Waals surface area contributed by atoms with Crippen LogP contribution in [0.1, 0.15) is 33.6 Å². The van der Waals surface area contributed by atoms with E-state index in [1.807, 2.05) is 20.8 Å². The van der Waals surface area contributed by atoms with E-state index in [1.165, 1.54) is 0 Å². The zero-order valence-corrected chi connectivity index (χ0v) is 9.95. The van der Waals surface area contributed by atoms with Gasteiger partial charge in [-0.2, -0.15) is 0 Å². The summed E-state index contributed by atoms with van der Waals surface area (Å²) in [6.07, 6.45) is 2.02. The molecule has 0 aliphatic carbocycles. The van der Waals surface area contributed by atoms with Gasteiger partial charge in [0, 0.05) is 19.1 Å². The number of hydrogen-bond donors (Lipinski definition) is 1. The molecule has 0 aromatic carbocycles. The highest BCUT2D eigenvalue weighted by molar-refractivity contribution is 5.77. The average molecular weight is 214 g/mol. The van der Waals surface area contributed by atoms with Gasteiger partial charge in [0.2, 0.25) is 5.91 Å². The molecule has 4 heteroatoms. The Morgan fingerprint density at radius 2 is 2.20 bits per heavy atom. The molecule has 0 radical (unpaired) electrons. The van der Waals surface area contributed by atoms with Gasteiger partial charge in [0.05, 0.1) is 5.60 Å².